The quantitative estimate of drug-likeness (QED) is 0.498. The molecule has 0 aliphatic rings. The van der Waals surface area contributed by atoms with E-state index in [1.54, 1.807) is 60.0 Å². The highest BCUT2D eigenvalue weighted by Gasteiger charge is 2.36. The van der Waals surface area contributed by atoms with E-state index in [0.29, 0.717) is 11.1 Å². The van der Waals surface area contributed by atoms with Gasteiger partial charge in [-0.25, -0.2) is 13.2 Å². The zero-order valence-electron chi connectivity index (χ0n) is 17.2. The van der Waals surface area contributed by atoms with Gasteiger partial charge in [-0.05, 0) is 24.6 Å². The number of sulfonamides is 1. The summed E-state index contributed by atoms with van der Waals surface area (Å²) in [6, 6.07) is 15.5. The van der Waals surface area contributed by atoms with Gasteiger partial charge >= 0.3 is 11.9 Å². The van der Waals surface area contributed by atoms with Gasteiger partial charge in [0.05, 0.1) is 19.9 Å². The summed E-state index contributed by atoms with van der Waals surface area (Å²) in [5, 5.41) is 1.60. The van der Waals surface area contributed by atoms with Crippen LogP contribution < -0.4 is 4.31 Å². The molecule has 1 aromatic heterocycles. The van der Waals surface area contributed by atoms with Crippen LogP contribution in [0.3, 0.4) is 0 Å². The number of esters is 2. The van der Waals surface area contributed by atoms with Crippen molar-refractivity contribution in [2.24, 2.45) is 0 Å². The SMILES string of the molecule is COC(=O)CN(c1ccc(C)cc1)S(=O)(=O)c1c(-c2ccccc2)csc1C(=O)OC. The van der Waals surface area contributed by atoms with Gasteiger partial charge in [0, 0.05) is 10.9 Å². The number of anilines is 1. The van der Waals surface area contributed by atoms with Crippen molar-refractivity contribution in [3.63, 3.8) is 0 Å². The third-order valence-electron chi connectivity index (χ3n) is 4.57. The summed E-state index contributed by atoms with van der Waals surface area (Å²) < 4.78 is 38.2. The minimum Gasteiger partial charge on any atom is -0.468 e. The van der Waals surface area contributed by atoms with Gasteiger partial charge in [-0.3, -0.25) is 9.10 Å². The Morgan fingerprint density at radius 1 is 0.968 bits per heavy atom. The predicted molar refractivity (Wildman–Crippen MR) is 119 cm³/mol. The number of carbonyl (C=O) groups excluding carboxylic acids is 2. The summed E-state index contributed by atoms with van der Waals surface area (Å²) in [6.07, 6.45) is 0. The molecule has 0 saturated carbocycles. The Balaban J connectivity index is 2.25. The number of thiophene rings is 1. The number of methoxy groups -OCH3 is 2. The van der Waals surface area contributed by atoms with Crippen LogP contribution in [-0.4, -0.2) is 41.1 Å². The second kappa shape index (κ2) is 9.32. The Labute approximate surface area is 184 Å². The average Bonchev–Trinajstić information content (AvgIpc) is 3.24. The molecule has 0 bridgehead atoms. The first kappa shape index (κ1) is 22.5. The number of carbonyl (C=O) groups is 2. The number of aryl methyl sites for hydroxylation is 1. The first-order chi connectivity index (χ1) is 14.8. The van der Waals surface area contributed by atoms with Crippen LogP contribution in [0, 0.1) is 6.92 Å². The smallest absolute Gasteiger partial charge is 0.349 e. The molecule has 162 valence electrons. The van der Waals surface area contributed by atoms with Crippen molar-refractivity contribution >= 4 is 39.0 Å². The largest absolute Gasteiger partial charge is 0.468 e. The fourth-order valence-electron chi connectivity index (χ4n) is 2.97. The van der Waals surface area contributed by atoms with E-state index < -0.39 is 28.5 Å². The zero-order chi connectivity index (χ0) is 22.6. The summed E-state index contributed by atoms with van der Waals surface area (Å²) in [4.78, 5) is 24.2. The third kappa shape index (κ3) is 4.62. The molecule has 0 N–H and O–H groups in total. The van der Waals surface area contributed by atoms with Gasteiger partial charge in [0.1, 0.15) is 16.3 Å². The summed E-state index contributed by atoms with van der Waals surface area (Å²) in [6.45, 7) is 1.32. The van der Waals surface area contributed by atoms with Crippen molar-refractivity contribution in [2.75, 3.05) is 25.1 Å². The summed E-state index contributed by atoms with van der Waals surface area (Å²) in [5.74, 6) is -1.51. The summed E-state index contributed by atoms with van der Waals surface area (Å²) >= 11 is 0.974. The molecule has 0 atom stereocenters. The molecule has 3 rings (SSSR count). The lowest BCUT2D eigenvalue weighted by Crippen LogP contribution is -2.37. The lowest BCUT2D eigenvalue weighted by Gasteiger charge is -2.24. The van der Waals surface area contributed by atoms with Crippen LogP contribution in [0.1, 0.15) is 15.2 Å². The summed E-state index contributed by atoms with van der Waals surface area (Å²) in [5.41, 5.74) is 2.18. The van der Waals surface area contributed by atoms with Gasteiger partial charge in [0.25, 0.3) is 10.0 Å². The summed E-state index contributed by atoms with van der Waals surface area (Å²) in [7, 11) is -1.98. The first-order valence-electron chi connectivity index (χ1n) is 9.21. The van der Waals surface area contributed by atoms with Crippen LogP contribution in [0.25, 0.3) is 11.1 Å². The van der Waals surface area contributed by atoms with Gasteiger partial charge in [-0.1, -0.05) is 48.0 Å². The van der Waals surface area contributed by atoms with E-state index in [1.165, 1.54) is 14.2 Å². The lowest BCUT2D eigenvalue weighted by molar-refractivity contribution is -0.138. The Hall–Kier alpha value is -3.17. The first-order valence-corrected chi connectivity index (χ1v) is 11.5. The number of ether oxygens (including phenoxy) is 2. The normalized spacial score (nSPS) is 11.1. The van der Waals surface area contributed by atoms with E-state index in [1.807, 2.05) is 6.92 Å². The Morgan fingerprint density at radius 3 is 2.19 bits per heavy atom. The monoisotopic (exact) mass is 459 g/mol. The van der Waals surface area contributed by atoms with E-state index in [2.05, 4.69) is 0 Å². The third-order valence-corrected chi connectivity index (χ3v) is 7.52. The van der Waals surface area contributed by atoms with Gasteiger partial charge in [-0.2, -0.15) is 0 Å². The molecular weight excluding hydrogens is 438 g/mol. The van der Waals surface area contributed by atoms with E-state index in [0.717, 1.165) is 21.2 Å². The van der Waals surface area contributed by atoms with Crippen molar-refractivity contribution < 1.29 is 27.5 Å². The molecule has 31 heavy (non-hydrogen) atoms. The molecule has 0 saturated heterocycles. The number of benzene rings is 2. The number of hydrogen-bond acceptors (Lipinski definition) is 7. The predicted octanol–water partition coefficient (Wildman–Crippen LogP) is 3.88. The Kier molecular flexibility index (Phi) is 6.77. The fraction of sp³-hybridized carbons (Fsp3) is 0.182. The maximum Gasteiger partial charge on any atom is 0.349 e. The van der Waals surface area contributed by atoms with Crippen LogP contribution in [0.15, 0.2) is 64.9 Å². The van der Waals surface area contributed by atoms with Crippen molar-refractivity contribution in [3.05, 3.63) is 70.4 Å². The second-order valence-electron chi connectivity index (χ2n) is 6.59. The fourth-order valence-corrected chi connectivity index (χ4v) is 6.06. The minimum absolute atomic E-state index is 0.0664. The van der Waals surface area contributed by atoms with E-state index >= 15 is 0 Å². The van der Waals surface area contributed by atoms with Gasteiger partial charge in [-0.15, -0.1) is 11.3 Å². The molecule has 0 aliphatic heterocycles. The van der Waals surface area contributed by atoms with Crippen molar-refractivity contribution in [1.29, 1.82) is 0 Å². The van der Waals surface area contributed by atoms with Gasteiger partial charge in [0.15, 0.2) is 0 Å². The molecule has 0 unspecified atom stereocenters. The topological polar surface area (TPSA) is 90.0 Å². The molecule has 1 heterocycles. The Bertz CT molecular complexity index is 1180. The standard InChI is InChI=1S/C22H21NO6S2/c1-15-9-11-17(12-10-15)23(13-19(24)28-2)31(26,27)21-18(16-7-5-4-6-8-16)14-30-20(21)22(25)29-3/h4-12,14H,13H2,1-3H3. The van der Waals surface area contributed by atoms with E-state index in [4.69, 9.17) is 9.47 Å². The maximum absolute atomic E-state index is 13.9. The maximum atomic E-state index is 13.9. The van der Waals surface area contributed by atoms with E-state index in [9.17, 15) is 18.0 Å². The van der Waals surface area contributed by atoms with Gasteiger partial charge in [0.2, 0.25) is 0 Å². The van der Waals surface area contributed by atoms with Crippen molar-refractivity contribution in [3.8, 4) is 11.1 Å². The molecule has 0 amide bonds. The van der Waals surface area contributed by atoms with Gasteiger partial charge < -0.3 is 9.47 Å². The highest BCUT2D eigenvalue weighted by Crippen LogP contribution is 2.38. The number of nitrogens with zero attached hydrogens (tertiary/aromatic N) is 1. The number of hydrogen-bond donors (Lipinski definition) is 0. The number of rotatable bonds is 7. The molecule has 0 fully saturated rings. The molecule has 7 nitrogen and oxygen atoms in total. The highest BCUT2D eigenvalue weighted by atomic mass is 32.2. The molecular formula is C22H21NO6S2. The second-order valence-corrected chi connectivity index (χ2v) is 9.27. The van der Waals surface area contributed by atoms with E-state index in [-0.39, 0.29) is 15.5 Å². The highest BCUT2D eigenvalue weighted by molar-refractivity contribution is 7.93. The van der Waals surface area contributed by atoms with Crippen molar-refractivity contribution in [1.82, 2.24) is 0 Å². The van der Waals surface area contributed by atoms with Crippen LogP contribution in [0.4, 0.5) is 5.69 Å². The lowest BCUT2D eigenvalue weighted by atomic mass is 10.1. The molecule has 2 aromatic carbocycles. The molecule has 3 aromatic rings. The van der Waals surface area contributed by atoms with Crippen molar-refractivity contribution in [2.45, 2.75) is 11.8 Å². The van der Waals surface area contributed by atoms with Crippen LogP contribution in [0.5, 0.6) is 0 Å². The molecule has 0 aliphatic carbocycles. The van der Waals surface area contributed by atoms with Crippen LogP contribution >= 0.6 is 11.3 Å². The minimum atomic E-state index is -4.35. The Morgan fingerprint density at radius 2 is 1.61 bits per heavy atom. The van der Waals surface area contributed by atoms with Crippen LogP contribution in [0.2, 0.25) is 0 Å². The zero-order valence-corrected chi connectivity index (χ0v) is 18.8. The van der Waals surface area contributed by atoms with Crippen LogP contribution in [-0.2, 0) is 24.3 Å². The molecule has 0 radical (unpaired) electrons. The molecule has 0 spiro atoms. The average molecular weight is 460 g/mol. The molecule has 9 heteroatoms.